The lowest BCUT2D eigenvalue weighted by Crippen LogP contribution is -2.46. The molecule has 11 nitrogen and oxygen atoms in total. The van der Waals surface area contributed by atoms with Gasteiger partial charge in [0.15, 0.2) is 16.1 Å². The highest BCUT2D eigenvalue weighted by Crippen LogP contribution is 2.43. The van der Waals surface area contributed by atoms with E-state index in [9.17, 15) is 4.79 Å². The van der Waals surface area contributed by atoms with E-state index in [0.717, 1.165) is 61.5 Å². The number of nitrogens with zero attached hydrogens (tertiary/aromatic N) is 2. The van der Waals surface area contributed by atoms with E-state index in [1.54, 1.807) is 13.2 Å². The summed E-state index contributed by atoms with van der Waals surface area (Å²) in [6.07, 6.45) is 9.29. The fourth-order valence-electron chi connectivity index (χ4n) is 7.73. The molecule has 2 aromatic carbocycles. The number of aryl methyl sites for hydroxylation is 1. The predicted molar refractivity (Wildman–Crippen MR) is 197 cm³/mol. The highest BCUT2D eigenvalue weighted by molar-refractivity contribution is 7.92. The van der Waals surface area contributed by atoms with Gasteiger partial charge in [0, 0.05) is 44.5 Å². The van der Waals surface area contributed by atoms with Crippen LogP contribution in [0.4, 0.5) is 10.5 Å². The third-order valence-electron chi connectivity index (χ3n) is 11.0. The summed E-state index contributed by atoms with van der Waals surface area (Å²) in [7, 11) is -1.76. The Labute approximate surface area is 307 Å². The summed E-state index contributed by atoms with van der Waals surface area (Å²) in [4.78, 5) is 16.3. The summed E-state index contributed by atoms with van der Waals surface area (Å²) in [5.74, 6) is 1.41. The standard InChI is InChI=1S/C38H51ClN4O7S/c1-38(2)35-36(50-35)41-51(45,42-37(44)40-29-15-19-47-20-16-29)30-12-14-34-32(22-30)43(23-26-10-13-31(26)33(46-3)8-6-18-49-38)17-5-4-7-25-21-28(39)11-9-27(25)24-48-34/h6,8-9,11-12,14,21-22,26,29,31,33,35-36H,4-5,7,10,13,15-20,23-24H2,1-3H3,(H2,40,41,42,44,45)/b8-6+/t26-,31+,33-,35?,36?,51?/m0/s1. The molecular formula is C38H51ClN4O7S. The maximum atomic E-state index is 15.1. The summed E-state index contributed by atoms with van der Waals surface area (Å²) < 4.78 is 53.0. The predicted octanol–water partition coefficient (Wildman–Crippen LogP) is 6.41. The van der Waals surface area contributed by atoms with Gasteiger partial charge in [-0.3, -0.25) is 0 Å². The van der Waals surface area contributed by atoms with Crippen molar-refractivity contribution in [2.45, 2.75) is 100 Å². The van der Waals surface area contributed by atoms with Crippen LogP contribution in [0.25, 0.3) is 0 Å². The minimum Gasteiger partial charge on any atom is -0.487 e. The van der Waals surface area contributed by atoms with Crippen molar-refractivity contribution in [3.05, 3.63) is 64.7 Å². The minimum absolute atomic E-state index is 0.0338. The number of carbonyl (C=O) groups is 1. The van der Waals surface area contributed by atoms with Crippen molar-refractivity contribution in [2.75, 3.05) is 44.9 Å². The maximum absolute atomic E-state index is 15.1. The van der Waals surface area contributed by atoms with E-state index >= 15 is 4.21 Å². The van der Waals surface area contributed by atoms with Gasteiger partial charge >= 0.3 is 6.03 Å². The molecule has 5 aliphatic rings. The Hall–Kier alpha value is -2.87. The van der Waals surface area contributed by atoms with Crippen LogP contribution in [0.1, 0.15) is 63.5 Å². The molecule has 278 valence electrons. The molecule has 51 heavy (non-hydrogen) atoms. The normalized spacial score (nSPS) is 31.7. The molecule has 2 N–H and O–H groups in total. The molecule has 0 spiro atoms. The molecular weight excluding hydrogens is 692 g/mol. The first-order valence-electron chi connectivity index (χ1n) is 18.3. The van der Waals surface area contributed by atoms with Crippen LogP contribution in [0.3, 0.4) is 0 Å². The molecule has 13 heteroatoms. The number of halogens is 1. The molecule has 1 saturated carbocycles. The van der Waals surface area contributed by atoms with Gasteiger partial charge in [0.05, 0.1) is 28.9 Å². The third-order valence-corrected chi connectivity index (χ3v) is 13.1. The number of hydrogen-bond acceptors (Lipinski definition) is 9. The van der Waals surface area contributed by atoms with Crippen molar-refractivity contribution in [2.24, 2.45) is 16.2 Å². The Kier molecular flexibility index (Phi) is 11.2. The Morgan fingerprint density at radius 2 is 1.92 bits per heavy atom. The van der Waals surface area contributed by atoms with E-state index in [1.807, 2.05) is 50.3 Å². The zero-order chi connectivity index (χ0) is 35.6. The molecule has 1 aliphatic carbocycles. The molecule has 2 amide bonds. The zero-order valence-corrected chi connectivity index (χ0v) is 31.4. The van der Waals surface area contributed by atoms with Crippen molar-refractivity contribution in [1.82, 2.24) is 10.0 Å². The average molecular weight is 743 g/mol. The molecule has 3 unspecified atom stereocenters. The average Bonchev–Trinajstić information content (AvgIpc) is 3.88. The van der Waals surface area contributed by atoms with Crippen molar-refractivity contribution < 1.29 is 32.7 Å². The number of anilines is 1. The molecule has 0 radical (unpaired) electrons. The Bertz CT molecular complexity index is 1720. The van der Waals surface area contributed by atoms with Gasteiger partial charge in [-0.05, 0) is 112 Å². The quantitative estimate of drug-likeness (QED) is 0.273. The Morgan fingerprint density at radius 3 is 2.71 bits per heavy atom. The fraction of sp³-hybridized carbons (Fsp3) is 0.605. The largest absolute Gasteiger partial charge is 0.487 e. The van der Waals surface area contributed by atoms with Gasteiger partial charge in [-0.2, -0.15) is 4.36 Å². The summed E-state index contributed by atoms with van der Waals surface area (Å²) in [5.41, 5.74) is 2.40. The molecule has 4 aliphatic heterocycles. The van der Waals surface area contributed by atoms with Crippen LogP contribution < -0.4 is 19.7 Å². The number of urea groups is 1. The molecule has 0 aromatic heterocycles. The van der Waals surface area contributed by atoms with Crippen LogP contribution in [0.2, 0.25) is 5.02 Å². The van der Waals surface area contributed by atoms with Crippen LogP contribution >= 0.6 is 11.6 Å². The smallest absolute Gasteiger partial charge is 0.327 e. The lowest BCUT2D eigenvalue weighted by Gasteiger charge is -2.43. The number of rotatable bonds is 3. The van der Waals surface area contributed by atoms with Gasteiger partial charge in [-0.1, -0.05) is 29.8 Å². The maximum Gasteiger partial charge on any atom is 0.327 e. The van der Waals surface area contributed by atoms with E-state index in [0.29, 0.717) is 61.7 Å². The molecule has 2 saturated heterocycles. The van der Waals surface area contributed by atoms with Gasteiger partial charge in [0.2, 0.25) is 0 Å². The highest BCUT2D eigenvalue weighted by atomic mass is 35.5. The number of methoxy groups -OCH3 is 1. The van der Waals surface area contributed by atoms with Crippen LogP contribution in [0.15, 0.2) is 57.8 Å². The number of carbonyl (C=O) groups excluding carboxylic acids is 1. The SMILES string of the molecule is CO[C@H]1/C=C/COC(C)(C)C2OC2N=S(=O)(NC(=O)NC2CCOCC2)c2ccc3c(c2)N(CCCCc2cc(Cl)ccc2CO3)C[C@@H]2CC[C@H]21. The van der Waals surface area contributed by atoms with Gasteiger partial charge in [-0.25, -0.2) is 13.7 Å². The Morgan fingerprint density at radius 1 is 1.08 bits per heavy atom. The van der Waals surface area contributed by atoms with Crippen molar-refractivity contribution >= 4 is 33.2 Å². The number of hydrogen-bond donors (Lipinski definition) is 2. The van der Waals surface area contributed by atoms with Gasteiger partial charge in [-0.15, -0.1) is 0 Å². The topological polar surface area (TPSA) is 123 Å². The zero-order valence-electron chi connectivity index (χ0n) is 29.8. The third kappa shape index (κ3) is 8.52. The first kappa shape index (κ1) is 36.5. The first-order chi connectivity index (χ1) is 24.6. The molecule has 2 bridgehead atoms. The van der Waals surface area contributed by atoms with Crippen LogP contribution in [0, 0.1) is 11.8 Å². The summed E-state index contributed by atoms with van der Waals surface area (Å²) in [6.45, 7) is 7.32. The van der Waals surface area contributed by atoms with Crippen molar-refractivity contribution in [1.29, 1.82) is 0 Å². The van der Waals surface area contributed by atoms with E-state index in [2.05, 4.69) is 21.0 Å². The van der Waals surface area contributed by atoms with Crippen LogP contribution in [0.5, 0.6) is 5.75 Å². The first-order valence-corrected chi connectivity index (χ1v) is 20.2. The number of fused-ring (bicyclic) bond motifs is 4. The van der Waals surface area contributed by atoms with E-state index in [1.165, 1.54) is 5.56 Å². The molecule has 2 aromatic rings. The van der Waals surface area contributed by atoms with Crippen molar-refractivity contribution in [3.8, 4) is 5.75 Å². The van der Waals surface area contributed by atoms with E-state index in [-0.39, 0.29) is 12.1 Å². The molecule has 4 heterocycles. The summed E-state index contributed by atoms with van der Waals surface area (Å²) in [6, 6.07) is 10.9. The molecule has 3 fully saturated rings. The Balaban J connectivity index is 1.29. The fourth-order valence-corrected chi connectivity index (χ4v) is 9.50. The second-order valence-corrected chi connectivity index (χ2v) is 17.2. The van der Waals surface area contributed by atoms with E-state index in [4.69, 9.17) is 39.6 Å². The number of ether oxygens (including phenoxy) is 5. The van der Waals surface area contributed by atoms with Gasteiger partial charge < -0.3 is 33.9 Å². The number of nitrogens with one attached hydrogen (secondary N) is 2. The van der Waals surface area contributed by atoms with Crippen LogP contribution in [-0.4, -0.2) is 80.3 Å². The number of epoxide rings is 1. The van der Waals surface area contributed by atoms with E-state index < -0.39 is 33.9 Å². The molecule has 7 rings (SSSR count). The number of benzene rings is 2. The molecule has 6 atom stereocenters. The highest BCUT2D eigenvalue weighted by Gasteiger charge is 2.52. The van der Waals surface area contributed by atoms with Gasteiger partial charge in [0.1, 0.15) is 18.5 Å². The summed E-state index contributed by atoms with van der Waals surface area (Å²) >= 11 is 6.41. The second-order valence-electron chi connectivity index (χ2n) is 14.8. The second kappa shape index (κ2) is 15.6. The monoisotopic (exact) mass is 742 g/mol. The lowest BCUT2D eigenvalue weighted by atomic mass is 9.70. The number of amides is 2. The minimum atomic E-state index is -3.53. The lowest BCUT2D eigenvalue weighted by molar-refractivity contribution is -0.0229. The van der Waals surface area contributed by atoms with Crippen molar-refractivity contribution in [3.63, 3.8) is 0 Å². The van der Waals surface area contributed by atoms with Gasteiger partial charge in [0.25, 0.3) is 0 Å². The summed E-state index contributed by atoms with van der Waals surface area (Å²) in [5, 5.41) is 3.72. The van der Waals surface area contributed by atoms with Crippen LogP contribution in [-0.2, 0) is 41.9 Å².